The maximum atomic E-state index is 14.0. The fourth-order valence-corrected chi connectivity index (χ4v) is 5.51. The van der Waals surface area contributed by atoms with E-state index in [9.17, 15) is 13.5 Å². The molecule has 158 valence electrons. The lowest BCUT2D eigenvalue weighted by atomic mass is 9.88. The molecule has 0 aliphatic carbocycles. The second-order valence-electron chi connectivity index (χ2n) is 7.79. The van der Waals surface area contributed by atoms with Crippen LogP contribution < -0.4 is 0 Å². The lowest BCUT2D eigenvalue weighted by Crippen LogP contribution is -2.38. The summed E-state index contributed by atoms with van der Waals surface area (Å²) < 4.78 is 29.4. The summed E-state index contributed by atoms with van der Waals surface area (Å²) in [6.45, 7) is 7.62. The first-order valence-electron chi connectivity index (χ1n) is 10.1. The zero-order valence-electron chi connectivity index (χ0n) is 17.6. The van der Waals surface area contributed by atoms with Gasteiger partial charge in [0.2, 0.25) is 0 Å². The SMILES string of the molecule is C=C(C(C)O)[C@@H]1c2ccccc2C=C(c2ccccc2)N1S(=O)(=O)c1ccc(C)cc1. The minimum Gasteiger partial charge on any atom is -0.389 e. The van der Waals surface area contributed by atoms with Gasteiger partial charge in [-0.3, -0.25) is 4.31 Å². The first kappa shape index (κ1) is 21.1. The van der Waals surface area contributed by atoms with Crippen LogP contribution in [0.5, 0.6) is 0 Å². The highest BCUT2D eigenvalue weighted by molar-refractivity contribution is 7.89. The van der Waals surface area contributed by atoms with Gasteiger partial charge in [-0.2, -0.15) is 0 Å². The largest absolute Gasteiger partial charge is 0.389 e. The number of benzene rings is 3. The van der Waals surface area contributed by atoms with Crippen LogP contribution in [0, 0.1) is 6.92 Å². The molecule has 0 spiro atoms. The predicted molar refractivity (Wildman–Crippen MR) is 125 cm³/mol. The molecule has 0 bridgehead atoms. The van der Waals surface area contributed by atoms with E-state index in [0.717, 1.165) is 22.3 Å². The minimum absolute atomic E-state index is 0.197. The van der Waals surface area contributed by atoms with Crippen molar-refractivity contribution < 1.29 is 13.5 Å². The molecular formula is C26H25NO3S. The summed E-state index contributed by atoms with van der Waals surface area (Å²) in [5.41, 5.74) is 4.42. The van der Waals surface area contributed by atoms with Gasteiger partial charge < -0.3 is 5.11 Å². The summed E-state index contributed by atoms with van der Waals surface area (Å²) >= 11 is 0. The zero-order chi connectivity index (χ0) is 22.2. The van der Waals surface area contributed by atoms with Crippen molar-refractivity contribution in [3.05, 3.63) is 113 Å². The van der Waals surface area contributed by atoms with Crippen LogP contribution in [0.4, 0.5) is 0 Å². The highest BCUT2D eigenvalue weighted by atomic mass is 32.2. The smallest absolute Gasteiger partial charge is 0.265 e. The molecular weight excluding hydrogens is 406 g/mol. The van der Waals surface area contributed by atoms with E-state index in [2.05, 4.69) is 6.58 Å². The lowest BCUT2D eigenvalue weighted by molar-refractivity contribution is 0.214. The molecule has 0 amide bonds. The van der Waals surface area contributed by atoms with Crippen molar-refractivity contribution in [2.24, 2.45) is 0 Å². The zero-order valence-corrected chi connectivity index (χ0v) is 18.4. The number of rotatable bonds is 5. The molecule has 1 aliphatic heterocycles. The summed E-state index contributed by atoms with van der Waals surface area (Å²) in [6, 6.07) is 23.2. The molecule has 1 heterocycles. The third-order valence-electron chi connectivity index (χ3n) is 5.59. The summed E-state index contributed by atoms with van der Waals surface area (Å²) in [6.07, 6.45) is 1.01. The normalized spacial score (nSPS) is 16.9. The van der Waals surface area contributed by atoms with Crippen molar-refractivity contribution in [2.75, 3.05) is 0 Å². The molecule has 0 radical (unpaired) electrons. The van der Waals surface area contributed by atoms with Gasteiger partial charge in [0.15, 0.2) is 0 Å². The van der Waals surface area contributed by atoms with Gasteiger partial charge in [-0.05, 0) is 54.3 Å². The number of aryl methyl sites for hydroxylation is 1. The van der Waals surface area contributed by atoms with Crippen molar-refractivity contribution in [1.29, 1.82) is 0 Å². The average Bonchev–Trinajstić information content (AvgIpc) is 2.78. The third-order valence-corrected chi connectivity index (χ3v) is 7.38. The van der Waals surface area contributed by atoms with E-state index in [1.54, 1.807) is 31.2 Å². The first-order valence-corrected chi connectivity index (χ1v) is 11.6. The second kappa shape index (κ2) is 8.17. The van der Waals surface area contributed by atoms with Gasteiger partial charge >= 0.3 is 0 Å². The van der Waals surface area contributed by atoms with Gasteiger partial charge in [0.05, 0.1) is 22.7 Å². The number of hydrogen-bond acceptors (Lipinski definition) is 3. The van der Waals surface area contributed by atoms with Gasteiger partial charge in [-0.25, -0.2) is 8.42 Å². The quantitative estimate of drug-likeness (QED) is 0.567. The number of sulfonamides is 1. The Morgan fingerprint density at radius 3 is 2.23 bits per heavy atom. The molecule has 3 aromatic rings. The maximum Gasteiger partial charge on any atom is 0.265 e. The summed E-state index contributed by atoms with van der Waals surface area (Å²) in [7, 11) is -3.95. The molecule has 0 fully saturated rings. The molecule has 3 aromatic carbocycles. The maximum absolute atomic E-state index is 14.0. The van der Waals surface area contributed by atoms with Crippen LogP contribution in [0.25, 0.3) is 11.8 Å². The number of nitrogens with zero attached hydrogens (tertiary/aromatic N) is 1. The van der Waals surface area contributed by atoms with Crippen molar-refractivity contribution in [3.63, 3.8) is 0 Å². The van der Waals surface area contributed by atoms with Gasteiger partial charge in [-0.15, -0.1) is 0 Å². The van der Waals surface area contributed by atoms with Gasteiger partial charge in [-0.1, -0.05) is 78.9 Å². The van der Waals surface area contributed by atoms with E-state index in [1.165, 1.54) is 4.31 Å². The fourth-order valence-electron chi connectivity index (χ4n) is 3.86. The topological polar surface area (TPSA) is 57.6 Å². The van der Waals surface area contributed by atoms with Gasteiger partial charge in [0.1, 0.15) is 0 Å². The van der Waals surface area contributed by atoms with Crippen LogP contribution >= 0.6 is 0 Å². The van der Waals surface area contributed by atoms with Crippen molar-refractivity contribution in [1.82, 2.24) is 4.31 Å². The summed E-state index contributed by atoms with van der Waals surface area (Å²) in [5.74, 6) is 0. The van der Waals surface area contributed by atoms with Crippen molar-refractivity contribution >= 4 is 21.8 Å². The fraction of sp³-hybridized carbons (Fsp3) is 0.154. The van der Waals surface area contributed by atoms with E-state index in [4.69, 9.17) is 0 Å². The molecule has 4 rings (SSSR count). The molecule has 0 saturated carbocycles. The van der Waals surface area contributed by atoms with Crippen LogP contribution in [0.15, 0.2) is 95.9 Å². The Hall–Kier alpha value is -3.15. The Bertz CT molecular complexity index is 1240. The molecule has 0 aromatic heterocycles. The van der Waals surface area contributed by atoms with Crippen LogP contribution in [-0.4, -0.2) is 23.9 Å². The van der Waals surface area contributed by atoms with E-state index < -0.39 is 22.2 Å². The Morgan fingerprint density at radius 1 is 0.968 bits per heavy atom. The minimum atomic E-state index is -3.95. The Balaban J connectivity index is 2.01. The average molecular weight is 432 g/mol. The molecule has 31 heavy (non-hydrogen) atoms. The highest BCUT2D eigenvalue weighted by Gasteiger charge is 2.40. The highest BCUT2D eigenvalue weighted by Crippen LogP contribution is 2.45. The predicted octanol–water partition coefficient (Wildman–Crippen LogP) is 5.18. The monoisotopic (exact) mass is 431 g/mol. The molecule has 2 atom stereocenters. The van der Waals surface area contributed by atoms with Crippen LogP contribution in [-0.2, 0) is 10.0 Å². The van der Waals surface area contributed by atoms with Crippen LogP contribution in [0.2, 0.25) is 0 Å². The van der Waals surface area contributed by atoms with Crippen molar-refractivity contribution in [2.45, 2.75) is 30.9 Å². The number of hydrogen-bond donors (Lipinski definition) is 1. The Labute approximate surface area is 183 Å². The number of aliphatic hydroxyl groups excluding tert-OH is 1. The van der Waals surface area contributed by atoms with Crippen molar-refractivity contribution in [3.8, 4) is 0 Å². The standard InChI is InChI=1S/C26H25NO3S/c1-18-13-15-23(16-14-18)31(29,30)27-25(21-9-5-4-6-10-21)17-22-11-7-8-12-24(22)26(27)19(2)20(3)28/h4-17,20,26,28H,2H2,1,3H3/t20?,26-/m1/s1. The summed E-state index contributed by atoms with van der Waals surface area (Å²) in [5, 5.41) is 10.4. The van der Waals surface area contributed by atoms with Crippen LogP contribution in [0.1, 0.15) is 35.2 Å². The molecule has 1 unspecified atom stereocenters. The number of fused-ring (bicyclic) bond motifs is 1. The van der Waals surface area contributed by atoms with E-state index in [0.29, 0.717) is 11.3 Å². The van der Waals surface area contributed by atoms with Gasteiger partial charge in [0, 0.05) is 0 Å². The first-order chi connectivity index (χ1) is 14.8. The Kier molecular flexibility index (Phi) is 5.56. The number of aliphatic hydroxyl groups is 1. The van der Waals surface area contributed by atoms with Gasteiger partial charge in [0.25, 0.3) is 10.0 Å². The van der Waals surface area contributed by atoms with E-state index >= 15 is 0 Å². The lowest BCUT2D eigenvalue weighted by Gasteiger charge is -2.40. The molecule has 4 nitrogen and oxygen atoms in total. The van der Waals surface area contributed by atoms with E-state index in [-0.39, 0.29) is 4.90 Å². The molecule has 1 N–H and O–H groups in total. The third kappa shape index (κ3) is 3.82. The molecule has 5 heteroatoms. The molecule has 0 saturated heterocycles. The Morgan fingerprint density at radius 2 is 1.58 bits per heavy atom. The van der Waals surface area contributed by atoms with E-state index in [1.807, 2.05) is 67.6 Å². The summed E-state index contributed by atoms with van der Waals surface area (Å²) in [4.78, 5) is 0.197. The van der Waals surface area contributed by atoms with Crippen LogP contribution in [0.3, 0.4) is 0 Å². The molecule has 1 aliphatic rings. The second-order valence-corrected chi connectivity index (χ2v) is 9.61.